The summed E-state index contributed by atoms with van der Waals surface area (Å²) < 4.78 is 5.41. The van der Waals surface area contributed by atoms with E-state index in [0.717, 1.165) is 37.6 Å². The highest BCUT2D eigenvalue weighted by molar-refractivity contribution is 5.81. The lowest BCUT2D eigenvalue weighted by Gasteiger charge is -2.29. The number of nitrogens with zero attached hydrogens (tertiary/aromatic N) is 4. The van der Waals surface area contributed by atoms with Gasteiger partial charge in [0.1, 0.15) is 11.8 Å². The second-order valence-corrected chi connectivity index (χ2v) is 5.45. The number of aromatic nitrogens is 4. The molecule has 0 atom stereocenters. The maximum atomic E-state index is 5.41. The van der Waals surface area contributed by atoms with E-state index in [1.54, 1.807) is 6.33 Å². The standard InChI is InChI=1S/C16H18N6O/c1-2-12(8-13(3-1)22-4-6-23-7-5-22)9-17-15-14-16(19-10-18-14)21-11-20-15/h1-3,8,10-11H,4-7,9H2,(H2,17,18,19,20,21). The van der Waals surface area contributed by atoms with Crippen molar-refractivity contribution in [2.24, 2.45) is 0 Å². The number of rotatable bonds is 4. The fraction of sp³-hybridized carbons (Fsp3) is 0.312. The number of anilines is 2. The topological polar surface area (TPSA) is 79.0 Å². The molecule has 1 aliphatic heterocycles. The van der Waals surface area contributed by atoms with Crippen LogP contribution >= 0.6 is 0 Å². The first-order chi connectivity index (χ1) is 11.4. The quantitative estimate of drug-likeness (QED) is 0.765. The Hall–Kier alpha value is -2.67. The molecule has 0 radical (unpaired) electrons. The zero-order valence-electron chi connectivity index (χ0n) is 12.7. The van der Waals surface area contributed by atoms with Crippen LogP contribution in [0, 0.1) is 0 Å². The van der Waals surface area contributed by atoms with Crippen LogP contribution in [0.3, 0.4) is 0 Å². The average Bonchev–Trinajstić information content (AvgIpc) is 3.10. The fourth-order valence-electron chi connectivity index (χ4n) is 2.77. The van der Waals surface area contributed by atoms with Crippen molar-refractivity contribution in [1.82, 2.24) is 19.9 Å². The van der Waals surface area contributed by atoms with Gasteiger partial charge in [0, 0.05) is 25.3 Å². The van der Waals surface area contributed by atoms with Gasteiger partial charge in [0.25, 0.3) is 0 Å². The lowest BCUT2D eigenvalue weighted by molar-refractivity contribution is 0.122. The first-order valence-corrected chi connectivity index (χ1v) is 7.70. The van der Waals surface area contributed by atoms with E-state index in [-0.39, 0.29) is 0 Å². The third kappa shape index (κ3) is 2.95. The molecule has 4 rings (SSSR count). The Kier molecular flexibility index (Phi) is 3.77. The number of H-pyrrole nitrogens is 1. The summed E-state index contributed by atoms with van der Waals surface area (Å²) >= 11 is 0. The molecule has 0 bridgehead atoms. The van der Waals surface area contributed by atoms with Gasteiger partial charge < -0.3 is 19.9 Å². The van der Waals surface area contributed by atoms with Gasteiger partial charge in [-0.3, -0.25) is 0 Å². The Morgan fingerprint density at radius 1 is 1.17 bits per heavy atom. The largest absolute Gasteiger partial charge is 0.378 e. The van der Waals surface area contributed by atoms with Gasteiger partial charge in [-0.1, -0.05) is 12.1 Å². The van der Waals surface area contributed by atoms with Crippen LogP contribution in [0.2, 0.25) is 0 Å². The third-order valence-corrected chi connectivity index (χ3v) is 3.97. The van der Waals surface area contributed by atoms with E-state index >= 15 is 0 Å². The fourth-order valence-corrected chi connectivity index (χ4v) is 2.77. The van der Waals surface area contributed by atoms with Crippen LogP contribution < -0.4 is 10.2 Å². The molecule has 1 fully saturated rings. The van der Waals surface area contributed by atoms with Gasteiger partial charge in [0.2, 0.25) is 0 Å². The SMILES string of the molecule is c1cc(CNc2ncnc3nc[nH]c23)cc(N2CCOCC2)c1. The molecule has 2 N–H and O–H groups in total. The summed E-state index contributed by atoms with van der Waals surface area (Å²) in [5, 5.41) is 3.35. The van der Waals surface area contributed by atoms with Gasteiger partial charge in [-0.05, 0) is 17.7 Å². The van der Waals surface area contributed by atoms with Crippen molar-refractivity contribution >= 4 is 22.7 Å². The molecule has 2 aromatic heterocycles. The van der Waals surface area contributed by atoms with Crippen molar-refractivity contribution in [3.05, 3.63) is 42.5 Å². The summed E-state index contributed by atoms with van der Waals surface area (Å²) in [6.07, 6.45) is 3.15. The smallest absolute Gasteiger partial charge is 0.182 e. The van der Waals surface area contributed by atoms with Gasteiger partial charge in [0.15, 0.2) is 11.5 Å². The molecular weight excluding hydrogens is 292 g/mol. The molecule has 0 aliphatic carbocycles. The Balaban J connectivity index is 1.49. The van der Waals surface area contributed by atoms with E-state index in [4.69, 9.17) is 4.74 Å². The van der Waals surface area contributed by atoms with Crippen LogP contribution in [0.5, 0.6) is 0 Å². The molecule has 1 aromatic carbocycles. The predicted molar refractivity (Wildman–Crippen MR) is 88.5 cm³/mol. The van der Waals surface area contributed by atoms with E-state index in [9.17, 15) is 0 Å². The second-order valence-electron chi connectivity index (χ2n) is 5.45. The Morgan fingerprint density at radius 3 is 3.00 bits per heavy atom. The Bertz CT molecular complexity index is 796. The Labute approximate surface area is 133 Å². The van der Waals surface area contributed by atoms with Crippen LogP contribution in [0.1, 0.15) is 5.56 Å². The molecule has 1 saturated heterocycles. The van der Waals surface area contributed by atoms with E-state index in [0.29, 0.717) is 12.2 Å². The van der Waals surface area contributed by atoms with Crippen LogP contribution in [-0.4, -0.2) is 46.2 Å². The summed E-state index contributed by atoms with van der Waals surface area (Å²) in [5.41, 5.74) is 3.95. The third-order valence-electron chi connectivity index (χ3n) is 3.97. The zero-order chi connectivity index (χ0) is 15.5. The lowest BCUT2D eigenvalue weighted by atomic mass is 10.1. The van der Waals surface area contributed by atoms with E-state index < -0.39 is 0 Å². The number of aromatic amines is 1. The van der Waals surface area contributed by atoms with E-state index in [2.05, 4.69) is 54.4 Å². The summed E-state index contributed by atoms with van der Waals surface area (Å²) in [5.74, 6) is 0.768. The van der Waals surface area contributed by atoms with Crippen LogP contribution in [0.4, 0.5) is 11.5 Å². The summed E-state index contributed by atoms with van der Waals surface area (Å²) in [6.45, 7) is 4.17. The molecular formula is C16H18N6O. The van der Waals surface area contributed by atoms with Crippen molar-refractivity contribution in [2.75, 3.05) is 36.5 Å². The molecule has 1 aliphatic rings. The van der Waals surface area contributed by atoms with Crippen LogP contribution in [0.15, 0.2) is 36.9 Å². The zero-order valence-corrected chi connectivity index (χ0v) is 12.7. The average molecular weight is 310 g/mol. The highest BCUT2D eigenvalue weighted by Crippen LogP contribution is 2.19. The molecule has 7 nitrogen and oxygen atoms in total. The van der Waals surface area contributed by atoms with Gasteiger partial charge >= 0.3 is 0 Å². The minimum Gasteiger partial charge on any atom is -0.378 e. The van der Waals surface area contributed by atoms with Gasteiger partial charge in [0.05, 0.1) is 19.5 Å². The Morgan fingerprint density at radius 2 is 2.09 bits per heavy atom. The van der Waals surface area contributed by atoms with Crippen molar-refractivity contribution in [3.8, 4) is 0 Å². The number of benzene rings is 1. The molecule has 7 heteroatoms. The second kappa shape index (κ2) is 6.21. The van der Waals surface area contributed by atoms with Crippen LogP contribution in [0.25, 0.3) is 11.2 Å². The summed E-state index contributed by atoms with van der Waals surface area (Å²) in [7, 11) is 0. The number of hydrogen-bond donors (Lipinski definition) is 2. The molecule has 3 heterocycles. The molecule has 0 spiro atoms. The molecule has 0 amide bonds. The van der Waals surface area contributed by atoms with Crippen molar-refractivity contribution in [1.29, 1.82) is 0 Å². The minimum atomic E-state index is 0.671. The molecule has 3 aromatic rings. The summed E-state index contributed by atoms with van der Waals surface area (Å²) in [6, 6.07) is 8.56. The van der Waals surface area contributed by atoms with Crippen molar-refractivity contribution in [3.63, 3.8) is 0 Å². The lowest BCUT2D eigenvalue weighted by Crippen LogP contribution is -2.36. The monoisotopic (exact) mass is 310 g/mol. The predicted octanol–water partition coefficient (Wildman–Crippen LogP) is 1.80. The van der Waals surface area contributed by atoms with E-state index in [1.807, 2.05) is 0 Å². The molecule has 118 valence electrons. The highest BCUT2D eigenvalue weighted by Gasteiger charge is 2.11. The maximum Gasteiger partial charge on any atom is 0.182 e. The minimum absolute atomic E-state index is 0.671. The maximum absolute atomic E-state index is 5.41. The van der Waals surface area contributed by atoms with Gasteiger partial charge in [-0.15, -0.1) is 0 Å². The van der Waals surface area contributed by atoms with Crippen molar-refractivity contribution in [2.45, 2.75) is 6.54 Å². The first kappa shape index (κ1) is 14.0. The molecule has 0 unspecified atom stereocenters. The number of fused-ring (bicyclic) bond motifs is 1. The number of nitrogens with one attached hydrogen (secondary N) is 2. The normalized spacial score (nSPS) is 15.0. The molecule has 0 saturated carbocycles. The van der Waals surface area contributed by atoms with Gasteiger partial charge in [-0.2, -0.15) is 0 Å². The number of imidazole rings is 1. The summed E-state index contributed by atoms with van der Waals surface area (Å²) in [4.78, 5) is 18.0. The van der Waals surface area contributed by atoms with E-state index in [1.165, 1.54) is 17.6 Å². The number of morpholine rings is 1. The first-order valence-electron chi connectivity index (χ1n) is 7.70. The number of ether oxygens (including phenoxy) is 1. The molecule has 23 heavy (non-hydrogen) atoms. The van der Waals surface area contributed by atoms with Gasteiger partial charge in [-0.25, -0.2) is 15.0 Å². The highest BCUT2D eigenvalue weighted by atomic mass is 16.5. The number of hydrogen-bond acceptors (Lipinski definition) is 6. The van der Waals surface area contributed by atoms with Crippen LogP contribution in [-0.2, 0) is 11.3 Å². The van der Waals surface area contributed by atoms with Crippen molar-refractivity contribution < 1.29 is 4.74 Å².